The van der Waals surface area contributed by atoms with Crippen molar-refractivity contribution in [3.05, 3.63) is 37.1 Å². The fourth-order valence-electron chi connectivity index (χ4n) is 1.07. The number of rotatable bonds is 5. The molecule has 0 spiro atoms. The first-order chi connectivity index (χ1) is 7.74. The zero-order valence-corrected chi connectivity index (χ0v) is 13.6. The van der Waals surface area contributed by atoms with Crippen molar-refractivity contribution in [1.29, 1.82) is 0 Å². The first-order valence-electron chi connectivity index (χ1n) is 4.37. The average molecular weight is 301 g/mol. The van der Waals surface area contributed by atoms with Crippen LogP contribution in [-0.4, -0.2) is 23.1 Å². The van der Waals surface area contributed by atoms with E-state index in [1.807, 2.05) is 0 Å². The summed E-state index contributed by atoms with van der Waals surface area (Å²) >= 11 is 0. The van der Waals surface area contributed by atoms with E-state index in [1.54, 1.807) is 0 Å². The van der Waals surface area contributed by atoms with E-state index in [-0.39, 0.29) is 41.6 Å². The van der Waals surface area contributed by atoms with Gasteiger partial charge in [-0.05, 0) is 18.2 Å². The average Bonchev–Trinajstić information content (AvgIpc) is 2.15. The molecule has 0 aliphatic rings. The Morgan fingerprint density at radius 2 is 1.94 bits per heavy atom. The fourth-order valence-corrected chi connectivity index (χ4v) is 2.44. The van der Waals surface area contributed by atoms with Gasteiger partial charge in [0.2, 0.25) is 10.0 Å². The summed E-state index contributed by atoms with van der Waals surface area (Å²) in [4.78, 5) is -0.161. The maximum atomic E-state index is 11.5. The molecule has 18 heavy (non-hydrogen) atoms. The Balaban J connectivity index is 0. The standard InChI is InChI=1S/C9H11NO5S2.Na.H/c1-3-15-17(13,14)9-6-4-5-8(7-9)10-16(2,11)12;;/h3-7,10H,1H2,2H3;;/q;+1;-1. The van der Waals surface area contributed by atoms with Gasteiger partial charge in [0.25, 0.3) is 0 Å². The molecule has 0 saturated heterocycles. The molecule has 0 unspecified atom stereocenters. The second-order valence-corrected chi connectivity index (χ2v) is 6.44. The van der Waals surface area contributed by atoms with E-state index in [9.17, 15) is 16.8 Å². The molecule has 0 atom stereocenters. The Labute approximate surface area is 130 Å². The molecule has 0 saturated carbocycles. The van der Waals surface area contributed by atoms with E-state index >= 15 is 0 Å². The first kappa shape index (κ1) is 17.5. The smallest absolute Gasteiger partial charge is 1.00 e. The number of nitrogens with one attached hydrogen (secondary N) is 1. The minimum Gasteiger partial charge on any atom is -1.00 e. The van der Waals surface area contributed by atoms with Gasteiger partial charge in [-0.2, -0.15) is 8.42 Å². The third-order valence-corrected chi connectivity index (χ3v) is 3.45. The maximum absolute atomic E-state index is 11.5. The molecule has 0 fully saturated rings. The van der Waals surface area contributed by atoms with E-state index in [0.29, 0.717) is 0 Å². The Morgan fingerprint density at radius 1 is 1.33 bits per heavy atom. The van der Waals surface area contributed by atoms with Crippen molar-refractivity contribution in [3.8, 4) is 0 Å². The summed E-state index contributed by atoms with van der Waals surface area (Å²) in [6.07, 6.45) is 1.75. The summed E-state index contributed by atoms with van der Waals surface area (Å²) in [5.74, 6) is 0. The predicted molar refractivity (Wildman–Crippen MR) is 64.5 cm³/mol. The second-order valence-electron chi connectivity index (χ2n) is 3.12. The van der Waals surface area contributed by atoms with Crippen molar-refractivity contribution in [2.24, 2.45) is 0 Å². The van der Waals surface area contributed by atoms with Gasteiger partial charge >= 0.3 is 39.7 Å². The van der Waals surface area contributed by atoms with Crippen molar-refractivity contribution in [3.63, 3.8) is 0 Å². The SMILES string of the molecule is C=COS(=O)(=O)c1cccc(NS(C)(=O)=O)c1.[H-].[Na+]. The molecule has 1 N–H and O–H groups in total. The number of benzene rings is 1. The van der Waals surface area contributed by atoms with Gasteiger partial charge in [-0.3, -0.25) is 4.72 Å². The van der Waals surface area contributed by atoms with Crippen LogP contribution in [0, 0.1) is 0 Å². The number of anilines is 1. The molecule has 0 aromatic heterocycles. The summed E-state index contributed by atoms with van der Waals surface area (Å²) in [5, 5.41) is 0. The topological polar surface area (TPSA) is 89.5 Å². The largest absolute Gasteiger partial charge is 1.00 e. The van der Waals surface area contributed by atoms with Crippen LogP contribution in [0.25, 0.3) is 0 Å². The van der Waals surface area contributed by atoms with E-state index in [2.05, 4.69) is 15.5 Å². The summed E-state index contributed by atoms with van der Waals surface area (Å²) in [5.41, 5.74) is 0.140. The fraction of sp³-hybridized carbons (Fsp3) is 0.111. The minimum absolute atomic E-state index is 0. The second kappa shape index (κ2) is 6.58. The van der Waals surface area contributed by atoms with Crippen LogP contribution in [0.2, 0.25) is 0 Å². The van der Waals surface area contributed by atoms with Crippen molar-refractivity contribution >= 4 is 25.8 Å². The molecule has 0 bridgehead atoms. The van der Waals surface area contributed by atoms with Crippen LogP contribution < -0.4 is 34.3 Å². The molecule has 0 amide bonds. The Morgan fingerprint density at radius 3 is 2.44 bits per heavy atom. The van der Waals surface area contributed by atoms with Gasteiger partial charge < -0.3 is 5.61 Å². The molecule has 1 rings (SSSR count). The molecule has 0 aliphatic carbocycles. The molecule has 1 aromatic rings. The van der Waals surface area contributed by atoms with Crippen LogP contribution in [0.4, 0.5) is 5.69 Å². The molecule has 96 valence electrons. The third-order valence-electron chi connectivity index (χ3n) is 1.62. The first-order valence-corrected chi connectivity index (χ1v) is 7.66. The van der Waals surface area contributed by atoms with Crippen molar-refractivity contribution < 1.29 is 52.0 Å². The van der Waals surface area contributed by atoms with Crippen molar-refractivity contribution in [2.45, 2.75) is 4.90 Å². The van der Waals surface area contributed by atoms with Gasteiger partial charge in [-0.25, -0.2) is 8.42 Å². The van der Waals surface area contributed by atoms with Crippen molar-refractivity contribution in [2.75, 3.05) is 11.0 Å². The van der Waals surface area contributed by atoms with Crippen molar-refractivity contribution in [1.82, 2.24) is 0 Å². The predicted octanol–water partition coefficient (Wildman–Crippen LogP) is -1.98. The number of hydrogen-bond donors (Lipinski definition) is 1. The minimum atomic E-state index is -3.94. The van der Waals surface area contributed by atoms with Crippen LogP contribution in [0.5, 0.6) is 0 Å². The zero-order valence-electron chi connectivity index (χ0n) is 11.0. The summed E-state index contributed by atoms with van der Waals surface area (Å²) in [6, 6.07) is 5.26. The number of hydrogen-bond acceptors (Lipinski definition) is 5. The normalized spacial score (nSPS) is 11.2. The van der Waals surface area contributed by atoms with Gasteiger partial charge in [0, 0.05) is 5.69 Å². The summed E-state index contributed by atoms with van der Waals surface area (Å²) in [6.45, 7) is 3.14. The molecule has 1 aromatic carbocycles. The van der Waals surface area contributed by atoms with Gasteiger partial charge in [0.05, 0.1) is 12.5 Å². The van der Waals surface area contributed by atoms with E-state index in [0.717, 1.165) is 18.6 Å². The third kappa shape index (κ3) is 5.40. The Hall–Kier alpha value is -0.540. The Kier molecular flexibility index (Phi) is 6.38. The van der Waals surface area contributed by atoms with E-state index in [4.69, 9.17) is 0 Å². The monoisotopic (exact) mass is 301 g/mol. The molecule has 0 heterocycles. The number of sulfonamides is 1. The zero-order chi connectivity index (χ0) is 13.1. The van der Waals surface area contributed by atoms with Crippen LogP contribution in [0.3, 0.4) is 0 Å². The summed E-state index contributed by atoms with van der Waals surface area (Å²) < 4.78 is 51.4. The van der Waals surface area contributed by atoms with Gasteiger partial charge in [0.1, 0.15) is 4.90 Å². The van der Waals surface area contributed by atoms with Crippen LogP contribution >= 0.6 is 0 Å². The van der Waals surface area contributed by atoms with Crippen LogP contribution in [0.15, 0.2) is 42.0 Å². The quantitative estimate of drug-likeness (QED) is 0.387. The Bertz CT molecular complexity index is 630. The molecular formula is C9H12NNaO5S2. The molecule has 0 aliphatic heterocycles. The van der Waals surface area contributed by atoms with Crippen LogP contribution in [0.1, 0.15) is 1.43 Å². The van der Waals surface area contributed by atoms with Gasteiger partial charge in [0.15, 0.2) is 0 Å². The van der Waals surface area contributed by atoms with E-state index in [1.165, 1.54) is 18.2 Å². The van der Waals surface area contributed by atoms with E-state index < -0.39 is 20.1 Å². The van der Waals surface area contributed by atoms with Crippen LogP contribution in [-0.2, 0) is 24.3 Å². The maximum Gasteiger partial charge on any atom is 1.00 e. The molecular weight excluding hydrogens is 289 g/mol. The summed E-state index contributed by atoms with van der Waals surface area (Å²) in [7, 11) is -7.40. The molecule has 9 heteroatoms. The van der Waals surface area contributed by atoms with Gasteiger partial charge in [-0.1, -0.05) is 12.6 Å². The molecule has 6 nitrogen and oxygen atoms in total. The molecule has 0 radical (unpaired) electrons. The van der Waals surface area contributed by atoms with Gasteiger partial charge in [-0.15, -0.1) is 0 Å².